The molecule has 2 N–H and O–H groups in total. The molecule has 20 heavy (non-hydrogen) atoms. The Labute approximate surface area is 117 Å². The van der Waals surface area contributed by atoms with E-state index in [2.05, 4.69) is 5.32 Å². The first-order valence-corrected chi connectivity index (χ1v) is 6.19. The third kappa shape index (κ3) is 4.89. The topological polar surface area (TPSA) is 84.9 Å². The fourth-order valence-corrected chi connectivity index (χ4v) is 1.64. The summed E-state index contributed by atoms with van der Waals surface area (Å²) >= 11 is 0. The number of amides is 1. The van der Waals surface area contributed by atoms with Crippen molar-refractivity contribution >= 4 is 11.9 Å². The molecule has 0 bridgehead atoms. The van der Waals surface area contributed by atoms with Gasteiger partial charge in [0.15, 0.2) is 6.61 Å². The molecular weight excluding hydrogens is 262 g/mol. The molecule has 6 nitrogen and oxygen atoms in total. The molecule has 1 amide bonds. The number of ether oxygens (including phenoxy) is 2. The number of carboxylic acids is 1. The van der Waals surface area contributed by atoms with Gasteiger partial charge in [0.1, 0.15) is 5.75 Å². The van der Waals surface area contributed by atoms with Crippen molar-refractivity contribution < 1.29 is 24.2 Å². The maximum Gasteiger partial charge on any atom is 0.335 e. The van der Waals surface area contributed by atoms with Crippen LogP contribution in [-0.2, 0) is 9.53 Å². The zero-order valence-electron chi connectivity index (χ0n) is 11.8. The number of carbonyl (C=O) groups excluding carboxylic acids is 1. The number of rotatable bonds is 7. The van der Waals surface area contributed by atoms with Gasteiger partial charge in [0, 0.05) is 13.2 Å². The Kier molecular flexibility index (Phi) is 5.99. The molecule has 0 aliphatic carbocycles. The van der Waals surface area contributed by atoms with Crippen LogP contribution in [0.25, 0.3) is 0 Å². The minimum Gasteiger partial charge on any atom is -0.483 e. The van der Waals surface area contributed by atoms with Crippen LogP contribution in [0.4, 0.5) is 0 Å². The van der Waals surface area contributed by atoms with Crippen LogP contribution in [0.3, 0.4) is 0 Å². The predicted molar refractivity (Wildman–Crippen MR) is 73.1 cm³/mol. The van der Waals surface area contributed by atoms with Crippen LogP contribution in [0.5, 0.6) is 5.75 Å². The summed E-state index contributed by atoms with van der Waals surface area (Å²) < 4.78 is 10.3. The predicted octanol–water partition coefficient (Wildman–Crippen LogP) is 1.22. The van der Waals surface area contributed by atoms with Crippen molar-refractivity contribution in [3.63, 3.8) is 0 Å². The molecular formula is C14H19NO5. The Morgan fingerprint density at radius 3 is 2.70 bits per heavy atom. The normalized spacial score (nSPS) is 11.8. The van der Waals surface area contributed by atoms with Crippen LogP contribution < -0.4 is 10.1 Å². The van der Waals surface area contributed by atoms with Gasteiger partial charge in [-0.2, -0.15) is 0 Å². The van der Waals surface area contributed by atoms with Crippen LogP contribution in [0.2, 0.25) is 0 Å². The second kappa shape index (κ2) is 7.49. The average molecular weight is 281 g/mol. The van der Waals surface area contributed by atoms with Crippen molar-refractivity contribution in [2.45, 2.75) is 19.9 Å². The number of benzene rings is 1. The van der Waals surface area contributed by atoms with Crippen LogP contribution in [0.1, 0.15) is 22.8 Å². The zero-order valence-corrected chi connectivity index (χ0v) is 11.8. The van der Waals surface area contributed by atoms with E-state index in [0.717, 1.165) is 5.56 Å². The molecule has 1 aromatic rings. The second-order valence-electron chi connectivity index (χ2n) is 4.50. The van der Waals surface area contributed by atoms with Crippen LogP contribution in [0, 0.1) is 6.92 Å². The molecule has 0 saturated heterocycles. The molecule has 1 rings (SSSR count). The fraction of sp³-hybridized carbons (Fsp3) is 0.429. The van der Waals surface area contributed by atoms with Gasteiger partial charge in [-0.1, -0.05) is 6.07 Å². The summed E-state index contributed by atoms with van der Waals surface area (Å²) in [6.07, 6.45) is 0. The molecule has 0 heterocycles. The summed E-state index contributed by atoms with van der Waals surface area (Å²) in [5.41, 5.74) is 0.895. The third-order valence-corrected chi connectivity index (χ3v) is 2.62. The highest BCUT2D eigenvalue weighted by molar-refractivity contribution is 5.88. The molecule has 0 fully saturated rings. The number of aryl methyl sites for hydroxylation is 1. The monoisotopic (exact) mass is 281 g/mol. The first-order chi connectivity index (χ1) is 9.43. The van der Waals surface area contributed by atoms with Crippen molar-refractivity contribution in [3.8, 4) is 5.75 Å². The van der Waals surface area contributed by atoms with E-state index in [1.807, 2.05) is 6.92 Å². The van der Waals surface area contributed by atoms with Crippen molar-refractivity contribution in [2.24, 2.45) is 0 Å². The van der Waals surface area contributed by atoms with Gasteiger partial charge >= 0.3 is 5.97 Å². The molecule has 0 spiro atoms. The lowest BCUT2D eigenvalue weighted by atomic mass is 10.1. The van der Waals surface area contributed by atoms with E-state index in [1.165, 1.54) is 12.1 Å². The second-order valence-corrected chi connectivity index (χ2v) is 4.50. The van der Waals surface area contributed by atoms with Gasteiger partial charge < -0.3 is 19.9 Å². The van der Waals surface area contributed by atoms with E-state index in [9.17, 15) is 9.59 Å². The lowest BCUT2D eigenvalue weighted by molar-refractivity contribution is -0.124. The van der Waals surface area contributed by atoms with E-state index in [1.54, 1.807) is 20.1 Å². The van der Waals surface area contributed by atoms with Crippen molar-refractivity contribution in [2.75, 3.05) is 20.3 Å². The maximum atomic E-state index is 11.6. The third-order valence-electron chi connectivity index (χ3n) is 2.62. The minimum atomic E-state index is -1.03. The lowest BCUT2D eigenvalue weighted by Crippen LogP contribution is -2.38. The molecule has 0 saturated carbocycles. The lowest BCUT2D eigenvalue weighted by Gasteiger charge is -2.14. The first-order valence-electron chi connectivity index (χ1n) is 6.19. The molecule has 6 heteroatoms. The Morgan fingerprint density at radius 1 is 1.40 bits per heavy atom. The minimum absolute atomic E-state index is 0.109. The fourth-order valence-electron chi connectivity index (χ4n) is 1.64. The summed E-state index contributed by atoms with van der Waals surface area (Å²) in [4.78, 5) is 22.5. The number of hydrogen-bond donors (Lipinski definition) is 2. The highest BCUT2D eigenvalue weighted by Gasteiger charge is 2.10. The van der Waals surface area contributed by atoms with Crippen LogP contribution in [-0.4, -0.2) is 43.3 Å². The highest BCUT2D eigenvalue weighted by Crippen LogP contribution is 2.19. The Hall–Kier alpha value is -2.08. The van der Waals surface area contributed by atoms with Crippen LogP contribution in [0.15, 0.2) is 18.2 Å². The number of hydrogen-bond acceptors (Lipinski definition) is 4. The van der Waals surface area contributed by atoms with E-state index in [4.69, 9.17) is 14.6 Å². The van der Waals surface area contributed by atoms with E-state index in [-0.39, 0.29) is 24.1 Å². The molecule has 0 aromatic heterocycles. The van der Waals surface area contributed by atoms with E-state index in [0.29, 0.717) is 12.4 Å². The van der Waals surface area contributed by atoms with Gasteiger partial charge in [-0.05, 0) is 31.5 Å². The van der Waals surface area contributed by atoms with Gasteiger partial charge in [-0.25, -0.2) is 4.79 Å². The van der Waals surface area contributed by atoms with Crippen molar-refractivity contribution in [1.29, 1.82) is 0 Å². The van der Waals surface area contributed by atoms with E-state index < -0.39 is 5.97 Å². The van der Waals surface area contributed by atoms with Crippen molar-refractivity contribution in [1.82, 2.24) is 5.32 Å². The Bertz CT molecular complexity index is 486. The summed E-state index contributed by atoms with van der Waals surface area (Å²) in [7, 11) is 1.56. The molecule has 1 atom stereocenters. The highest BCUT2D eigenvalue weighted by atomic mass is 16.5. The quantitative estimate of drug-likeness (QED) is 0.785. The number of aromatic carboxylic acids is 1. The average Bonchev–Trinajstić information content (AvgIpc) is 2.37. The SMILES string of the molecule is COC[C@@H](C)NC(=O)COc1cc(C(=O)O)ccc1C. The van der Waals surface area contributed by atoms with Crippen molar-refractivity contribution in [3.05, 3.63) is 29.3 Å². The summed E-state index contributed by atoms with van der Waals surface area (Å²) in [6, 6.07) is 4.43. The Balaban J connectivity index is 2.59. The molecule has 0 aliphatic heterocycles. The molecule has 1 aromatic carbocycles. The number of nitrogens with one attached hydrogen (secondary N) is 1. The molecule has 110 valence electrons. The summed E-state index contributed by atoms with van der Waals surface area (Å²) in [6.45, 7) is 3.85. The smallest absolute Gasteiger partial charge is 0.335 e. The van der Waals surface area contributed by atoms with E-state index >= 15 is 0 Å². The maximum absolute atomic E-state index is 11.6. The van der Waals surface area contributed by atoms with Gasteiger partial charge in [-0.15, -0.1) is 0 Å². The molecule has 0 radical (unpaired) electrons. The van der Waals surface area contributed by atoms with Gasteiger partial charge in [-0.3, -0.25) is 4.79 Å². The van der Waals surface area contributed by atoms with Gasteiger partial charge in [0.2, 0.25) is 0 Å². The zero-order chi connectivity index (χ0) is 15.1. The van der Waals surface area contributed by atoms with Gasteiger partial charge in [0.05, 0.1) is 12.2 Å². The van der Waals surface area contributed by atoms with Gasteiger partial charge in [0.25, 0.3) is 5.91 Å². The molecule has 0 aliphatic rings. The standard InChI is InChI=1S/C14H19NO5/c1-9-4-5-11(14(17)18)6-12(9)20-8-13(16)15-10(2)7-19-3/h4-6,10H,7-8H2,1-3H3,(H,15,16)(H,17,18)/t10-/m1/s1. The summed E-state index contributed by atoms with van der Waals surface area (Å²) in [5, 5.41) is 11.6. The number of carboxylic acid groups (broad SMARTS) is 1. The Morgan fingerprint density at radius 2 is 2.10 bits per heavy atom. The summed E-state index contributed by atoms with van der Waals surface area (Å²) in [5.74, 6) is -0.929. The first kappa shape index (κ1) is 16.0. The number of carbonyl (C=O) groups is 2. The number of methoxy groups -OCH3 is 1. The van der Waals surface area contributed by atoms with Crippen LogP contribution >= 0.6 is 0 Å². The molecule has 0 unspecified atom stereocenters. The largest absolute Gasteiger partial charge is 0.483 e.